The van der Waals surface area contributed by atoms with E-state index in [2.05, 4.69) is 4.98 Å². The standard InChI is InChI=1S/C11H16N2O3/c1-7(14)6-13(3)11(16)10-4-9(5-12-10)8(2)15/h4-5,7,12,14H,6H2,1-3H3. The van der Waals surface area contributed by atoms with E-state index in [9.17, 15) is 9.59 Å². The minimum Gasteiger partial charge on any atom is -0.392 e. The van der Waals surface area contributed by atoms with Gasteiger partial charge in [-0.25, -0.2) is 0 Å². The van der Waals surface area contributed by atoms with Crippen LogP contribution in [0.15, 0.2) is 12.3 Å². The van der Waals surface area contributed by atoms with Gasteiger partial charge in [-0.05, 0) is 19.9 Å². The van der Waals surface area contributed by atoms with Crippen molar-refractivity contribution in [2.75, 3.05) is 13.6 Å². The Morgan fingerprint density at radius 3 is 2.62 bits per heavy atom. The summed E-state index contributed by atoms with van der Waals surface area (Å²) < 4.78 is 0. The van der Waals surface area contributed by atoms with Gasteiger partial charge < -0.3 is 15.0 Å². The van der Waals surface area contributed by atoms with Crippen molar-refractivity contribution in [2.45, 2.75) is 20.0 Å². The Labute approximate surface area is 94.1 Å². The van der Waals surface area contributed by atoms with Crippen LogP contribution in [0.5, 0.6) is 0 Å². The Kier molecular flexibility index (Phi) is 3.84. The molecular weight excluding hydrogens is 208 g/mol. The summed E-state index contributed by atoms with van der Waals surface area (Å²) in [5.74, 6) is -0.332. The second-order valence-corrected chi connectivity index (χ2v) is 3.89. The number of hydrogen-bond acceptors (Lipinski definition) is 3. The second kappa shape index (κ2) is 4.94. The molecule has 1 aromatic rings. The maximum absolute atomic E-state index is 11.8. The smallest absolute Gasteiger partial charge is 0.270 e. The zero-order valence-corrected chi connectivity index (χ0v) is 9.65. The molecule has 88 valence electrons. The number of aliphatic hydroxyl groups is 1. The molecule has 16 heavy (non-hydrogen) atoms. The summed E-state index contributed by atoms with van der Waals surface area (Å²) in [5.41, 5.74) is 0.835. The third-order valence-electron chi connectivity index (χ3n) is 2.20. The summed E-state index contributed by atoms with van der Waals surface area (Å²) >= 11 is 0. The number of amides is 1. The molecule has 0 saturated carbocycles. The van der Waals surface area contributed by atoms with Crippen molar-refractivity contribution < 1.29 is 14.7 Å². The lowest BCUT2D eigenvalue weighted by Crippen LogP contribution is -2.33. The largest absolute Gasteiger partial charge is 0.392 e. The van der Waals surface area contributed by atoms with Crippen molar-refractivity contribution in [3.8, 4) is 0 Å². The summed E-state index contributed by atoms with van der Waals surface area (Å²) in [4.78, 5) is 27.0. The fourth-order valence-corrected chi connectivity index (χ4v) is 1.41. The van der Waals surface area contributed by atoms with E-state index in [-0.39, 0.29) is 18.2 Å². The van der Waals surface area contributed by atoms with E-state index < -0.39 is 6.10 Å². The van der Waals surface area contributed by atoms with Gasteiger partial charge in [-0.15, -0.1) is 0 Å². The lowest BCUT2D eigenvalue weighted by atomic mass is 10.2. The number of carbonyl (C=O) groups excluding carboxylic acids is 2. The molecule has 0 saturated heterocycles. The maximum Gasteiger partial charge on any atom is 0.270 e. The number of rotatable bonds is 4. The van der Waals surface area contributed by atoms with Crippen molar-refractivity contribution >= 4 is 11.7 Å². The Morgan fingerprint density at radius 1 is 1.56 bits per heavy atom. The first-order valence-corrected chi connectivity index (χ1v) is 5.04. The highest BCUT2D eigenvalue weighted by Gasteiger charge is 2.15. The van der Waals surface area contributed by atoms with Gasteiger partial charge in [-0.2, -0.15) is 0 Å². The van der Waals surface area contributed by atoms with Gasteiger partial charge in [-0.1, -0.05) is 0 Å². The molecule has 0 aliphatic carbocycles. The molecule has 0 radical (unpaired) electrons. The number of hydrogen-bond donors (Lipinski definition) is 2. The quantitative estimate of drug-likeness (QED) is 0.738. The maximum atomic E-state index is 11.8. The lowest BCUT2D eigenvalue weighted by molar-refractivity contribution is 0.0699. The second-order valence-electron chi connectivity index (χ2n) is 3.89. The molecule has 1 rings (SSSR count). The summed E-state index contributed by atoms with van der Waals surface area (Å²) in [6.07, 6.45) is 0.933. The van der Waals surface area contributed by atoms with Crippen molar-refractivity contribution in [3.05, 3.63) is 23.5 Å². The van der Waals surface area contributed by atoms with Gasteiger partial charge in [0, 0.05) is 25.4 Å². The Balaban J connectivity index is 2.76. The van der Waals surface area contributed by atoms with E-state index in [0.29, 0.717) is 11.3 Å². The van der Waals surface area contributed by atoms with Crippen LogP contribution in [-0.4, -0.2) is 46.4 Å². The highest BCUT2D eigenvalue weighted by molar-refractivity contribution is 5.98. The number of aliphatic hydroxyl groups excluding tert-OH is 1. The van der Waals surface area contributed by atoms with Crippen LogP contribution >= 0.6 is 0 Å². The average molecular weight is 224 g/mol. The summed E-state index contributed by atoms with van der Waals surface area (Å²) in [7, 11) is 1.60. The van der Waals surface area contributed by atoms with E-state index in [1.165, 1.54) is 24.1 Å². The predicted molar refractivity (Wildman–Crippen MR) is 59.4 cm³/mol. The van der Waals surface area contributed by atoms with Crippen LogP contribution in [0, 0.1) is 0 Å². The van der Waals surface area contributed by atoms with Crippen LogP contribution in [0.1, 0.15) is 34.7 Å². The molecule has 0 bridgehead atoms. The molecule has 0 fully saturated rings. The van der Waals surface area contributed by atoms with Gasteiger partial charge >= 0.3 is 0 Å². The third kappa shape index (κ3) is 2.93. The van der Waals surface area contributed by atoms with Gasteiger partial charge in [0.15, 0.2) is 5.78 Å². The molecule has 0 aliphatic rings. The molecule has 1 atom stereocenters. The normalized spacial score (nSPS) is 12.2. The molecule has 5 heteroatoms. The van der Waals surface area contributed by atoms with E-state index >= 15 is 0 Å². The number of nitrogens with zero attached hydrogens (tertiary/aromatic N) is 1. The fraction of sp³-hybridized carbons (Fsp3) is 0.455. The average Bonchev–Trinajstić information content (AvgIpc) is 2.64. The van der Waals surface area contributed by atoms with Crippen LogP contribution in [0.3, 0.4) is 0 Å². The lowest BCUT2D eigenvalue weighted by Gasteiger charge is -2.17. The fourth-order valence-electron chi connectivity index (χ4n) is 1.41. The van der Waals surface area contributed by atoms with Crippen LogP contribution in [0.25, 0.3) is 0 Å². The highest BCUT2D eigenvalue weighted by Crippen LogP contribution is 2.07. The molecule has 0 aromatic carbocycles. The number of carbonyl (C=O) groups is 2. The Bertz CT molecular complexity index is 396. The van der Waals surface area contributed by atoms with Gasteiger partial charge in [0.2, 0.25) is 0 Å². The van der Waals surface area contributed by atoms with Crippen molar-refractivity contribution in [1.29, 1.82) is 0 Å². The molecule has 2 N–H and O–H groups in total. The predicted octanol–water partition coefficient (Wildman–Crippen LogP) is 0.670. The van der Waals surface area contributed by atoms with E-state index in [1.807, 2.05) is 0 Å². The molecule has 1 unspecified atom stereocenters. The zero-order valence-electron chi connectivity index (χ0n) is 9.65. The van der Waals surface area contributed by atoms with E-state index in [1.54, 1.807) is 14.0 Å². The van der Waals surface area contributed by atoms with Gasteiger partial charge in [-0.3, -0.25) is 9.59 Å². The van der Waals surface area contributed by atoms with Crippen molar-refractivity contribution in [2.24, 2.45) is 0 Å². The first-order valence-electron chi connectivity index (χ1n) is 5.04. The first-order chi connectivity index (χ1) is 7.41. The number of Topliss-reactive ketones (excluding diaryl/α,β-unsaturated/α-hetero) is 1. The molecule has 1 amide bonds. The number of aromatic nitrogens is 1. The number of ketones is 1. The van der Waals surface area contributed by atoms with Crippen molar-refractivity contribution in [3.63, 3.8) is 0 Å². The SMILES string of the molecule is CC(=O)c1c[nH]c(C(=O)N(C)CC(C)O)c1. The number of H-pyrrole nitrogens is 1. The first kappa shape index (κ1) is 12.4. The molecular formula is C11H16N2O3. The number of likely N-dealkylation sites (N-methyl/N-ethyl adjacent to an activating group) is 1. The molecule has 0 spiro atoms. The summed E-state index contributed by atoms with van der Waals surface area (Å²) in [5, 5.41) is 9.15. The Morgan fingerprint density at radius 2 is 2.19 bits per heavy atom. The van der Waals surface area contributed by atoms with Crippen LogP contribution in [-0.2, 0) is 0 Å². The number of nitrogens with one attached hydrogen (secondary N) is 1. The van der Waals surface area contributed by atoms with Crippen LogP contribution < -0.4 is 0 Å². The minimum atomic E-state index is -0.573. The van der Waals surface area contributed by atoms with Gasteiger partial charge in [0.25, 0.3) is 5.91 Å². The zero-order chi connectivity index (χ0) is 12.3. The summed E-state index contributed by atoms with van der Waals surface area (Å²) in [6.45, 7) is 3.31. The van der Waals surface area contributed by atoms with Crippen LogP contribution in [0.2, 0.25) is 0 Å². The molecule has 5 nitrogen and oxygen atoms in total. The van der Waals surface area contributed by atoms with Gasteiger partial charge in [0.1, 0.15) is 5.69 Å². The van der Waals surface area contributed by atoms with E-state index in [0.717, 1.165) is 0 Å². The monoisotopic (exact) mass is 224 g/mol. The van der Waals surface area contributed by atoms with Crippen LogP contribution in [0.4, 0.5) is 0 Å². The highest BCUT2D eigenvalue weighted by atomic mass is 16.3. The number of aromatic amines is 1. The van der Waals surface area contributed by atoms with E-state index in [4.69, 9.17) is 5.11 Å². The molecule has 0 aliphatic heterocycles. The minimum absolute atomic E-state index is 0.0894. The third-order valence-corrected chi connectivity index (χ3v) is 2.20. The van der Waals surface area contributed by atoms with Crippen molar-refractivity contribution in [1.82, 2.24) is 9.88 Å². The molecule has 1 heterocycles. The van der Waals surface area contributed by atoms with Gasteiger partial charge in [0.05, 0.1) is 6.10 Å². The topological polar surface area (TPSA) is 73.4 Å². The Hall–Kier alpha value is -1.62. The molecule has 1 aromatic heterocycles. The summed E-state index contributed by atoms with van der Waals surface area (Å²) in [6, 6.07) is 1.52.